The second kappa shape index (κ2) is 22.2. The normalized spacial score (nSPS) is 13.3. The molecule has 0 saturated heterocycles. The molecule has 486 valence electrons. The summed E-state index contributed by atoms with van der Waals surface area (Å²) < 4.78 is 12.3. The lowest BCUT2D eigenvalue weighted by Crippen LogP contribution is -2.61. The molecule has 0 aliphatic carbocycles. The summed E-state index contributed by atoms with van der Waals surface area (Å²) in [6.45, 7) is 28.0. The number of hydrogen-bond donors (Lipinski definition) is 0. The summed E-state index contributed by atoms with van der Waals surface area (Å²) in [4.78, 5) is 5.30. The molecule has 2 aliphatic heterocycles. The highest BCUT2D eigenvalue weighted by molar-refractivity contribution is 7.00. The Morgan fingerprint density at radius 3 is 1.36 bits per heavy atom. The Hall–Kier alpha value is -11.1. The molecule has 0 bridgehead atoms. The summed E-state index contributed by atoms with van der Waals surface area (Å²) in [6, 6.07) is 104. The van der Waals surface area contributed by atoms with Crippen molar-refractivity contribution in [3.05, 3.63) is 295 Å². The third-order valence-electron chi connectivity index (χ3n) is 21.7. The second-order valence-electron chi connectivity index (χ2n) is 32.2. The number of fused-ring (bicyclic) bond motifs is 14. The molecule has 100 heavy (non-hydrogen) atoms. The van der Waals surface area contributed by atoms with E-state index in [2.05, 4.69) is 375 Å². The van der Waals surface area contributed by atoms with Gasteiger partial charge in [0.2, 0.25) is 0 Å². The van der Waals surface area contributed by atoms with Crippen molar-refractivity contribution in [1.82, 2.24) is 9.13 Å². The molecule has 0 amide bonds. The summed E-state index contributed by atoms with van der Waals surface area (Å²) in [5.41, 5.74) is 30.5. The molecule has 0 unspecified atom stereocenters. The molecule has 0 atom stereocenters. The lowest BCUT2D eigenvalue weighted by molar-refractivity contribution is 0.569. The smallest absolute Gasteiger partial charge is 0.252 e. The van der Waals surface area contributed by atoms with E-state index in [4.69, 9.17) is 4.42 Å². The maximum Gasteiger partial charge on any atom is 0.252 e. The first-order valence-electron chi connectivity index (χ1n) is 35.6. The summed E-state index contributed by atoms with van der Waals surface area (Å²) >= 11 is 0. The van der Waals surface area contributed by atoms with Crippen LogP contribution in [0.2, 0.25) is 0 Å². The van der Waals surface area contributed by atoms with Gasteiger partial charge in [-0.3, -0.25) is 0 Å². The summed E-state index contributed by atoms with van der Waals surface area (Å²) in [6.07, 6.45) is 0. The number of hydrogen-bond acceptors (Lipinski definition) is 3. The van der Waals surface area contributed by atoms with Gasteiger partial charge in [-0.1, -0.05) is 277 Å². The third-order valence-corrected chi connectivity index (χ3v) is 21.7. The first-order valence-corrected chi connectivity index (χ1v) is 35.6. The summed E-state index contributed by atoms with van der Waals surface area (Å²) in [5.74, 6) is 0. The van der Waals surface area contributed by atoms with E-state index >= 15 is 0 Å². The Labute approximate surface area is 587 Å². The molecule has 6 heteroatoms. The number of para-hydroxylation sites is 5. The molecule has 13 aromatic carbocycles. The third kappa shape index (κ3) is 9.57. The molecule has 0 fully saturated rings. The zero-order valence-electron chi connectivity index (χ0n) is 59.3. The van der Waals surface area contributed by atoms with Gasteiger partial charge >= 0.3 is 0 Å². The van der Waals surface area contributed by atoms with Crippen LogP contribution in [-0.4, -0.2) is 15.8 Å². The van der Waals surface area contributed by atoms with Gasteiger partial charge < -0.3 is 23.4 Å². The second-order valence-corrected chi connectivity index (χ2v) is 32.2. The van der Waals surface area contributed by atoms with Crippen molar-refractivity contribution >= 4 is 123 Å². The van der Waals surface area contributed by atoms with E-state index in [1.165, 1.54) is 99.0 Å². The molecule has 16 aromatic rings. The summed E-state index contributed by atoms with van der Waals surface area (Å²) in [5, 5.41) is 7.04. The molecule has 5 heterocycles. The lowest BCUT2D eigenvalue weighted by Gasteiger charge is -2.46. The first-order chi connectivity index (χ1) is 48.2. The van der Waals surface area contributed by atoms with Gasteiger partial charge in [0.1, 0.15) is 5.58 Å². The number of anilines is 6. The van der Waals surface area contributed by atoms with Crippen LogP contribution in [0.3, 0.4) is 0 Å². The van der Waals surface area contributed by atoms with Gasteiger partial charge in [-0.15, -0.1) is 0 Å². The molecule has 0 spiro atoms. The molecule has 0 saturated carbocycles. The van der Waals surface area contributed by atoms with Crippen LogP contribution in [0.15, 0.2) is 277 Å². The standard InChI is InChI=1S/C94H81BN4O/c1-91(2,3)62-49-61(50-63(52-62)92(4,5)6)60-43-48-80-77(51-60)95-76-47-44-67(97-79-40-26-23-36-69(79)72-46-45-71-68-35-22-25-39-78(68)96(88(71)89(72)97)66-33-20-15-21-34-66)57-82(76)99(87-74(58-29-16-13-17-30-58)53-64(93(7,8)9)54-75(87)59-31-18-14-19-32-59)84-56-65(94(10,11)12)55-83(86(84)95)98(80)81-41-28-38-73-70-37-24-27-42-85(70)100-90(73)81/h13-57H,1-12H3. The topological polar surface area (TPSA) is 29.5 Å². The number of furan rings is 1. The average Bonchev–Trinajstić information content (AvgIpc) is 1.00. The molecule has 2 aliphatic rings. The van der Waals surface area contributed by atoms with Gasteiger partial charge in [0, 0.05) is 77.6 Å². The highest BCUT2D eigenvalue weighted by Gasteiger charge is 2.46. The van der Waals surface area contributed by atoms with E-state index in [0.29, 0.717) is 0 Å². The van der Waals surface area contributed by atoms with Crippen LogP contribution in [0, 0.1) is 0 Å². The molecule has 3 aromatic heterocycles. The Morgan fingerprint density at radius 2 is 0.780 bits per heavy atom. The van der Waals surface area contributed by atoms with Crippen molar-refractivity contribution in [1.29, 1.82) is 0 Å². The predicted molar refractivity (Wildman–Crippen MR) is 428 cm³/mol. The molecule has 5 nitrogen and oxygen atoms in total. The highest BCUT2D eigenvalue weighted by Crippen LogP contribution is 2.54. The van der Waals surface area contributed by atoms with Gasteiger partial charge in [-0.2, -0.15) is 0 Å². The fraction of sp³-hybridized carbons (Fsp3) is 0.170. The Kier molecular flexibility index (Phi) is 13.6. The molecule has 0 N–H and O–H groups in total. The van der Waals surface area contributed by atoms with Crippen molar-refractivity contribution < 1.29 is 4.42 Å². The Bertz CT molecular complexity index is 5930. The molecule has 18 rings (SSSR count). The Morgan fingerprint density at radius 1 is 0.290 bits per heavy atom. The van der Waals surface area contributed by atoms with Gasteiger partial charge in [0.25, 0.3) is 6.71 Å². The van der Waals surface area contributed by atoms with Crippen molar-refractivity contribution in [2.24, 2.45) is 0 Å². The van der Waals surface area contributed by atoms with Crippen LogP contribution in [0.5, 0.6) is 0 Å². The van der Waals surface area contributed by atoms with E-state index in [1.807, 2.05) is 0 Å². The van der Waals surface area contributed by atoms with Gasteiger partial charge in [0.15, 0.2) is 5.58 Å². The minimum absolute atomic E-state index is 0.0864. The molecule has 0 radical (unpaired) electrons. The van der Waals surface area contributed by atoms with Crippen LogP contribution < -0.4 is 26.2 Å². The maximum atomic E-state index is 7.19. The number of benzene rings is 13. The van der Waals surface area contributed by atoms with Gasteiger partial charge in [0.05, 0.1) is 33.4 Å². The lowest BCUT2D eigenvalue weighted by atomic mass is 9.33. The number of aromatic nitrogens is 2. The van der Waals surface area contributed by atoms with E-state index in [-0.39, 0.29) is 28.4 Å². The Balaban J connectivity index is 1.02. The van der Waals surface area contributed by atoms with Crippen molar-refractivity contribution in [3.63, 3.8) is 0 Å². The van der Waals surface area contributed by atoms with Gasteiger partial charge in [-0.25, -0.2) is 0 Å². The largest absolute Gasteiger partial charge is 0.454 e. The van der Waals surface area contributed by atoms with Crippen molar-refractivity contribution in [3.8, 4) is 44.8 Å². The SMILES string of the molecule is CC(C)(C)c1cc(-c2ccc3c(c2)B2c4ccc(-n5c6ccccc6c6ccc7c8ccccc8n(-c8ccccc8)c7c65)cc4N(c4c(-c5ccccc5)cc(C(C)(C)C)cc4-c4ccccc4)c4cc(C(C)(C)C)cc(c42)N3c2cccc3c2oc2ccccc23)cc(C(C)(C)C)c1. The molecular formula is C94H81BN4O. The van der Waals surface area contributed by atoms with Gasteiger partial charge in [-0.05, 0) is 161 Å². The minimum atomic E-state index is -0.301. The average molecular weight is 1290 g/mol. The fourth-order valence-corrected chi connectivity index (χ4v) is 16.4. The highest BCUT2D eigenvalue weighted by atomic mass is 16.3. The zero-order chi connectivity index (χ0) is 68.5. The van der Waals surface area contributed by atoms with Crippen molar-refractivity contribution in [2.45, 2.75) is 105 Å². The molecular weight excluding hydrogens is 1210 g/mol. The minimum Gasteiger partial charge on any atom is -0.454 e. The predicted octanol–water partition coefficient (Wildman–Crippen LogP) is 24.1. The van der Waals surface area contributed by atoms with Crippen LogP contribution in [-0.2, 0) is 21.7 Å². The van der Waals surface area contributed by atoms with Crippen LogP contribution in [0.1, 0.15) is 105 Å². The van der Waals surface area contributed by atoms with E-state index < -0.39 is 0 Å². The fourth-order valence-electron chi connectivity index (χ4n) is 16.4. The van der Waals surface area contributed by atoms with Crippen LogP contribution in [0.25, 0.3) is 110 Å². The monoisotopic (exact) mass is 1290 g/mol. The van der Waals surface area contributed by atoms with E-state index in [9.17, 15) is 0 Å². The maximum absolute atomic E-state index is 7.19. The van der Waals surface area contributed by atoms with E-state index in [0.717, 1.165) is 84.1 Å². The summed E-state index contributed by atoms with van der Waals surface area (Å²) in [7, 11) is 0. The van der Waals surface area contributed by atoms with Crippen LogP contribution in [0.4, 0.5) is 34.1 Å². The number of rotatable bonds is 7. The number of nitrogens with zero attached hydrogens (tertiary/aromatic N) is 4. The quantitative estimate of drug-likeness (QED) is 0.149. The first kappa shape index (κ1) is 61.3. The van der Waals surface area contributed by atoms with Crippen molar-refractivity contribution in [2.75, 3.05) is 9.80 Å². The van der Waals surface area contributed by atoms with E-state index in [1.54, 1.807) is 0 Å². The van der Waals surface area contributed by atoms with Crippen LogP contribution >= 0.6 is 0 Å². The zero-order valence-corrected chi connectivity index (χ0v) is 59.3.